The van der Waals surface area contributed by atoms with Crippen molar-refractivity contribution in [2.45, 2.75) is 38.8 Å². The lowest BCUT2D eigenvalue weighted by Gasteiger charge is -2.38. The summed E-state index contributed by atoms with van der Waals surface area (Å²) in [6.45, 7) is 7.22. The lowest BCUT2D eigenvalue weighted by atomic mass is 9.97. The molecule has 0 amide bonds. The van der Waals surface area contributed by atoms with Crippen LogP contribution in [-0.2, 0) is 4.74 Å². The molecule has 1 aromatic rings. The first-order valence-corrected chi connectivity index (χ1v) is 7.47. The van der Waals surface area contributed by atoms with E-state index in [0.29, 0.717) is 12.6 Å². The molecule has 1 fully saturated rings. The summed E-state index contributed by atoms with van der Waals surface area (Å²) in [5.41, 5.74) is 8.09. The highest BCUT2D eigenvalue weighted by atomic mass is 19.1. The quantitative estimate of drug-likeness (QED) is 0.901. The maximum absolute atomic E-state index is 13.3. The second kappa shape index (κ2) is 7.16. The molecule has 1 heterocycles. The zero-order valence-electron chi connectivity index (χ0n) is 12.4. The Morgan fingerprint density at radius 1 is 1.50 bits per heavy atom. The van der Waals surface area contributed by atoms with E-state index in [2.05, 4.69) is 4.90 Å². The number of nitrogens with two attached hydrogens (primary N) is 1. The van der Waals surface area contributed by atoms with Crippen molar-refractivity contribution in [3.63, 3.8) is 0 Å². The number of hydrogen-bond donors (Lipinski definition) is 1. The van der Waals surface area contributed by atoms with Crippen molar-refractivity contribution in [2.75, 3.05) is 26.2 Å². The SMILES string of the molecule is CCOC1CCCN(C(CN)c2ccc(F)cc2C)C1. The third kappa shape index (κ3) is 3.57. The number of ether oxygens (including phenoxy) is 1. The van der Waals surface area contributed by atoms with Crippen LogP contribution in [0.15, 0.2) is 18.2 Å². The molecule has 4 heteroatoms. The average molecular weight is 280 g/mol. The largest absolute Gasteiger partial charge is 0.377 e. The van der Waals surface area contributed by atoms with Crippen LogP contribution in [0.5, 0.6) is 0 Å². The second-order valence-electron chi connectivity index (χ2n) is 5.47. The van der Waals surface area contributed by atoms with E-state index in [1.807, 2.05) is 19.9 Å². The Hall–Kier alpha value is -0.970. The molecule has 0 aromatic heterocycles. The van der Waals surface area contributed by atoms with E-state index < -0.39 is 0 Å². The minimum Gasteiger partial charge on any atom is -0.377 e. The molecule has 112 valence electrons. The summed E-state index contributed by atoms with van der Waals surface area (Å²) in [4.78, 5) is 2.38. The maximum Gasteiger partial charge on any atom is 0.123 e. The van der Waals surface area contributed by atoms with Gasteiger partial charge in [-0.15, -0.1) is 0 Å². The van der Waals surface area contributed by atoms with E-state index in [1.54, 1.807) is 6.07 Å². The fourth-order valence-corrected chi connectivity index (χ4v) is 3.11. The minimum atomic E-state index is -0.187. The molecule has 1 saturated heterocycles. The van der Waals surface area contributed by atoms with Crippen LogP contribution in [0.1, 0.15) is 36.9 Å². The van der Waals surface area contributed by atoms with Crippen molar-refractivity contribution in [2.24, 2.45) is 5.73 Å². The Bertz CT molecular complexity index is 436. The minimum absolute atomic E-state index is 0.152. The Morgan fingerprint density at radius 3 is 2.95 bits per heavy atom. The van der Waals surface area contributed by atoms with E-state index in [4.69, 9.17) is 10.5 Å². The molecule has 2 unspecified atom stereocenters. The van der Waals surface area contributed by atoms with Crippen LogP contribution in [0.2, 0.25) is 0 Å². The molecule has 2 N–H and O–H groups in total. The van der Waals surface area contributed by atoms with Crippen LogP contribution >= 0.6 is 0 Å². The van der Waals surface area contributed by atoms with Gasteiger partial charge in [0.2, 0.25) is 0 Å². The molecular formula is C16H25FN2O. The van der Waals surface area contributed by atoms with Crippen molar-refractivity contribution in [3.05, 3.63) is 35.1 Å². The van der Waals surface area contributed by atoms with Crippen LogP contribution in [0.25, 0.3) is 0 Å². The summed E-state index contributed by atoms with van der Waals surface area (Å²) in [6.07, 6.45) is 2.54. The highest BCUT2D eigenvalue weighted by molar-refractivity contribution is 5.30. The van der Waals surface area contributed by atoms with Gasteiger partial charge in [0, 0.05) is 25.7 Å². The van der Waals surface area contributed by atoms with Gasteiger partial charge in [-0.05, 0) is 56.5 Å². The van der Waals surface area contributed by atoms with Gasteiger partial charge in [0.15, 0.2) is 0 Å². The number of piperidine rings is 1. The first-order chi connectivity index (χ1) is 9.65. The number of rotatable bonds is 5. The molecule has 20 heavy (non-hydrogen) atoms. The Balaban J connectivity index is 2.14. The monoisotopic (exact) mass is 280 g/mol. The molecule has 2 rings (SSSR count). The van der Waals surface area contributed by atoms with Crippen molar-refractivity contribution in [1.29, 1.82) is 0 Å². The highest BCUT2D eigenvalue weighted by Crippen LogP contribution is 2.27. The third-order valence-corrected chi connectivity index (χ3v) is 4.07. The Morgan fingerprint density at radius 2 is 2.30 bits per heavy atom. The van der Waals surface area contributed by atoms with Crippen molar-refractivity contribution in [3.8, 4) is 0 Å². The summed E-state index contributed by atoms with van der Waals surface area (Å²) in [6, 6.07) is 5.13. The van der Waals surface area contributed by atoms with Crippen molar-refractivity contribution < 1.29 is 9.13 Å². The normalized spacial score (nSPS) is 21.9. The van der Waals surface area contributed by atoms with E-state index in [9.17, 15) is 4.39 Å². The first-order valence-electron chi connectivity index (χ1n) is 7.47. The molecule has 0 spiro atoms. The molecule has 0 bridgehead atoms. The molecule has 0 saturated carbocycles. The topological polar surface area (TPSA) is 38.5 Å². The van der Waals surface area contributed by atoms with Crippen LogP contribution in [0.3, 0.4) is 0 Å². The summed E-state index contributed by atoms with van der Waals surface area (Å²) < 4.78 is 19.0. The lowest BCUT2D eigenvalue weighted by Crippen LogP contribution is -2.44. The number of likely N-dealkylation sites (tertiary alicyclic amines) is 1. The maximum atomic E-state index is 13.3. The van der Waals surface area contributed by atoms with Crippen LogP contribution in [0.4, 0.5) is 4.39 Å². The Labute approximate surface area is 120 Å². The predicted molar refractivity (Wildman–Crippen MR) is 79.2 cm³/mol. The van der Waals surface area contributed by atoms with E-state index >= 15 is 0 Å². The molecule has 0 radical (unpaired) electrons. The number of aryl methyl sites for hydroxylation is 1. The van der Waals surface area contributed by atoms with Gasteiger partial charge in [-0.2, -0.15) is 0 Å². The fourth-order valence-electron chi connectivity index (χ4n) is 3.11. The number of benzene rings is 1. The lowest BCUT2D eigenvalue weighted by molar-refractivity contribution is -0.00668. The summed E-state index contributed by atoms with van der Waals surface area (Å²) in [5, 5.41) is 0. The number of nitrogens with zero attached hydrogens (tertiary/aromatic N) is 1. The zero-order chi connectivity index (χ0) is 14.5. The van der Waals surface area contributed by atoms with Gasteiger partial charge in [0.05, 0.1) is 6.10 Å². The van der Waals surface area contributed by atoms with Gasteiger partial charge < -0.3 is 10.5 Å². The standard InChI is InChI=1S/C16H25FN2O/c1-3-20-14-5-4-8-19(11-14)16(10-18)15-7-6-13(17)9-12(15)2/h6-7,9,14,16H,3-5,8,10-11,18H2,1-2H3. The number of halogens is 1. The van der Waals surface area contributed by atoms with E-state index in [0.717, 1.165) is 43.7 Å². The smallest absolute Gasteiger partial charge is 0.123 e. The van der Waals surface area contributed by atoms with E-state index in [1.165, 1.54) is 6.07 Å². The molecule has 2 atom stereocenters. The van der Waals surface area contributed by atoms with Gasteiger partial charge in [0.1, 0.15) is 5.82 Å². The van der Waals surface area contributed by atoms with Gasteiger partial charge in [-0.1, -0.05) is 6.07 Å². The summed E-state index contributed by atoms with van der Waals surface area (Å²) in [7, 11) is 0. The van der Waals surface area contributed by atoms with Crippen LogP contribution < -0.4 is 5.73 Å². The molecule has 3 nitrogen and oxygen atoms in total. The average Bonchev–Trinajstić information content (AvgIpc) is 2.43. The predicted octanol–water partition coefficient (Wildman–Crippen LogP) is 2.63. The molecular weight excluding hydrogens is 255 g/mol. The fraction of sp³-hybridized carbons (Fsp3) is 0.625. The highest BCUT2D eigenvalue weighted by Gasteiger charge is 2.27. The first kappa shape index (κ1) is 15.4. The van der Waals surface area contributed by atoms with Crippen LogP contribution in [-0.4, -0.2) is 37.2 Å². The van der Waals surface area contributed by atoms with Gasteiger partial charge in [-0.25, -0.2) is 4.39 Å². The second-order valence-corrected chi connectivity index (χ2v) is 5.47. The van der Waals surface area contributed by atoms with Crippen molar-refractivity contribution >= 4 is 0 Å². The number of hydrogen-bond acceptors (Lipinski definition) is 3. The molecule has 1 aromatic carbocycles. The molecule has 1 aliphatic heterocycles. The van der Waals surface area contributed by atoms with Crippen LogP contribution in [0, 0.1) is 12.7 Å². The molecule has 1 aliphatic rings. The van der Waals surface area contributed by atoms with Gasteiger partial charge >= 0.3 is 0 Å². The zero-order valence-corrected chi connectivity index (χ0v) is 12.4. The summed E-state index contributed by atoms with van der Waals surface area (Å²) in [5.74, 6) is -0.187. The third-order valence-electron chi connectivity index (χ3n) is 4.07. The van der Waals surface area contributed by atoms with E-state index in [-0.39, 0.29) is 11.9 Å². The molecule has 0 aliphatic carbocycles. The summed E-state index contributed by atoms with van der Waals surface area (Å²) >= 11 is 0. The van der Waals surface area contributed by atoms with Gasteiger partial charge in [0.25, 0.3) is 0 Å². The van der Waals surface area contributed by atoms with Crippen molar-refractivity contribution in [1.82, 2.24) is 4.90 Å². The Kier molecular flexibility index (Phi) is 5.52. The van der Waals surface area contributed by atoms with Gasteiger partial charge in [-0.3, -0.25) is 4.90 Å².